The van der Waals surface area contributed by atoms with E-state index in [2.05, 4.69) is 0 Å². The molecular weight excluding hydrogens is 210 g/mol. The summed E-state index contributed by atoms with van der Waals surface area (Å²) in [6.45, 7) is 6.18. The molecule has 0 atom stereocenters. The molecule has 78 valence electrons. The van der Waals surface area contributed by atoms with Gasteiger partial charge in [-0.25, -0.2) is 8.42 Å². The minimum atomic E-state index is -3.25. The first-order valence-electron chi connectivity index (χ1n) is 4.23. The minimum Gasteiger partial charge on any atom is -0.207 e. The average molecular weight is 226 g/mol. The molecule has 0 aromatic carbocycles. The largest absolute Gasteiger partial charge is 0.238 e. The smallest absolute Gasteiger partial charge is 0.207 e. The molecule has 0 aliphatic carbocycles. The maximum atomic E-state index is 11.7. The molecule has 0 rings (SSSR count). The number of nitrogens with zero attached hydrogens (tertiary/aromatic N) is 1. The number of hydrogen-bond donors (Lipinski definition) is 0. The van der Waals surface area contributed by atoms with Crippen molar-refractivity contribution < 1.29 is 8.42 Å². The van der Waals surface area contributed by atoms with Gasteiger partial charge in [-0.1, -0.05) is 19.9 Å². The number of rotatable bonds is 5. The second kappa shape index (κ2) is 5.62. The van der Waals surface area contributed by atoms with Crippen LogP contribution in [0.3, 0.4) is 0 Å². The van der Waals surface area contributed by atoms with Crippen LogP contribution in [0.5, 0.6) is 0 Å². The van der Waals surface area contributed by atoms with Crippen LogP contribution in [0.2, 0.25) is 0 Å². The highest BCUT2D eigenvalue weighted by Gasteiger charge is 2.20. The summed E-state index contributed by atoms with van der Waals surface area (Å²) in [4.78, 5) is 0.325. The lowest BCUT2D eigenvalue weighted by molar-refractivity contribution is 0.450. The number of sulfonamides is 1. The Morgan fingerprint density at radius 3 is 2.15 bits per heavy atom. The van der Waals surface area contributed by atoms with Crippen LogP contribution < -0.4 is 0 Å². The highest BCUT2D eigenvalue weighted by atomic mass is 35.5. The topological polar surface area (TPSA) is 37.4 Å². The van der Waals surface area contributed by atoms with Crippen LogP contribution in [0.25, 0.3) is 0 Å². The van der Waals surface area contributed by atoms with Crippen LogP contribution in [-0.4, -0.2) is 31.7 Å². The quantitative estimate of drug-likeness (QED) is 0.670. The Hall–Kier alpha value is -0.0600. The van der Waals surface area contributed by atoms with Crippen molar-refractivity contribution in [1.29, 1.82) is 0 Å². The summed E-state index contributed by atoms with van der Waals surface area (Å²) < 4.78 is 24.8. The predicted molar refractivity (Wildman–Crippen MR) is 56.3 cm³/mol. The highest BCUT2D eigenvalue weighted by molar-refractivity contribution is 7.93. The Kier molecular flexibility index (Phi) is 5.60. The van der Waals surface area contributed by atoms with Gasteiger partial charge in [0.1, 0.15) is 0 Å². The zero-order chi connectivity index (χ0) is 10.5. The van der Waals surface area contributed by atoms with E-state index >= 15 is 0 Å². The first-order chi connectivity index (χ1) is 6.00. The minimum absolute atomic E-state index is 0.229. The van der Waals surface area contributed by atoms with Gasteiger partial charge in [0, 0.05) is 19.0 Å². The molecule has 0 aromatic rings. The molecule has 0 unspecified atom stereocenters. The van der Waals surface area contributed by atoms with Gasteiger partial charge in [0.15, 0.2) is 0 Å². The molecule has 3 nitrogen and oxygen atoms in total. The Balaban J connectivity index is 4.85. The predicted octanol–water partition coefficient (Wildman–Crippen LogP) is 1.80. The molecule has 0 radical (unpaired) electrons. The summed E-state index contributed by atoms with van der Waals surface area (Å²) >= 11 is 5.43. The van der Waals surface area contributed by atoms with E-state index < -0.39 is 10.0 Å². The van der Waals surface area contributed by atoms with E-state index in [1.807, 2.05) is 13.8 Å². The summed E-state index contributed by atoms with van der Waals surface area (Å²) in [6.07, 6.45) is 1.51. The van der Waals surface area contributed by atoms with E-state index in [0.29, 0.717) is 18.0 Å². The molecule has 0 saturated carbocycles. The number of alkyl halides is 1. The molecule has 0 N–H and O–H groups in total. The molecule has 13 heavy (non-hydrogen) atoms. The Bertz CT molecular complexity index is 268. The summed E-state index contributed by atoms with van der Waals surface area (Å²) in [6, 6.07) is 0. The van der Waals surface area contributed by atoms with Crippen molar-refractivity contribution in [1.82, 2.24) is 4.31 Å². The van der Waals surface area contributed by atoms with E-state index in [9.17, 15) is 8.42 Å². The molecule has 0 bridgehead atoms. The summed E-state index contributed by atoms with van der Waals surface area (Å²) in [5.41, 5.74) is 0. The van der Waals surface area contributed by atoms with Crippen molar-refractivity contribution in [2.24, 2.45) is 0 Å². The zero-order valence-corrected chi connectivity index (χ0v) is 9.82. The molecule has 0 aliphatic heterocycles. The van der Waals surface area contributed by atoms with Gasteiger partial charge in [-0.15, -0.1) is 11.6 Å². The number of allylic oxidation sites excluding steroid dienone is 2. The maximum absolute atomic E-state index is 11.7. The van der Waals surface area contributed by atoms with Crippen LogP contribution in [0, 0.1) is 0 Å². The maximum Gasteiger partial charge on any atom is 0.238 e. The van der Waals surface area contributed by atoms with Crippen LogP contribution in [0.1, 0.15) is 20.8 Å². The van der Waals surface area contributed by atoms with Gasteiger partial charge >= 0.3 is 0 Å². The van der Waals surface area contributed by atoms with Crippen LogP contribution in [0.4, 0.5) is 0 Å². The third-order valence-electron chi connectivity index (χ3n) is 1.82. The monoisotopic (exact) mass is 225 g/mol. The first-order valence-corrected chi connectivity index (χ1v) is 6.21. The van der Waals surface area contributed by atoms with Crippen molar-refractivity contribution in [3.05, 3.63) is 11.0 Å². The lowest BCUT2D eigenvalue weighted by atomic mass is 10.6. The standard InChI is InChI=1S/C8H16ClNO2S/c1-4-10(5-2)13(11,12)8(3)6-7-9/h6H,4-5,7H2,1-3H3/b8-6+. The van der Waals surface area contributed by atoms with E-state index in [1.54, 1.807) is 6.92 Å². The van der Waals surface area contributed by atoms with Gasteiger partial charge in [-0.2, -0.15) is 4.31 Å². The lowest BCUT2D eigenvalue weighted by Gasteiger charge is -2.18. The molecule has 0 amide bonds. The van der Waals surface area contributed by atoms with Crippen molar-refractivity contribution in [3.63, 3.8) is 0 Å². The summed E-state index contributed by atoms with van der Waals surface area (Å²) in [7, 11) is -3.25. The van der Waals surface area contributed by atoms with Crippen LogP contribution in [0.15, 0.2) is 11.0 Å². The van der Waals surface area contributed by atoms with Gasteiger partial charge < -0.3 is 0 Å². The molecule has 0 aromatic heterocycles. The summed E-state index contributed by atoms with van der Waals surface area (Å²) in [5.74, 6) is 0.229. The first kappa shape index (κ1) is 12.9. The SMILES string of the molecule is CCN(CC)S(=O)(=O)/C(C)=C/CCl. The van der Waals surface area contributed by atoms with E-state index in [1.165, 1.54) is 10.4 Å². The zero-order valence-electron chi connectivity index (χ0n) is 8.25. The molecule has 0 heterocycles. The number of halogens is 1. The van der Waals surface area contributed by atoms with Gasteiger partial charge in [0.05, 0.1) is 4.91 Å². The number of hydrogen-bond acceptors (Lipinski definition) is 2. The van der Waals surface area contributed by atoms with E-state index in [-0.39, 0.29) is 5.88 Å². The Labute approximate surface area is 85.4 Å². The molecule has 0 fully saturated rings. The molecule has 0 saturated heterocycles. The van der Waals surface area contributed by atoms with E-state index in [4.69, 9.17) is 11.6 Å². The average Bonchev–Trinajstić information content (AvgIpc) is 2.06. The fraction of sp³-hybridized carbons (Fsp3) is 0.750. The molecule has 0 spiro atoms. The molecule has 5 heteroatoms. The van der Waals surface area contributed by atoms with Crippen molar-refractivity contribution in [2.75, 3.05) is 19.0 Å². The normalized spacial score (nSPS) is 13.8. The van der Waals surface area contributed by atoms with Gasteiger partial charge in [-0.05, 0) is 6.92 Å². The van der Waals surface area contributed by atoms with Gasteiger partial charge in [0.2, 0.25) is 10.0 Å². The molecule has 0 aliphatic rings. The Morgan fingerprint density at radius 2 is 1.85 bits per heavy atom. The highest BCUT2D eigenvalue weighted by Crippen LogP contribution is 2.11. The van der Waals surface area contributed by atoms with Gasteiger partial charge in [0.25, 0.3) is 0 Å². The fourth-order valence-corrected chi connectivity index (χ4v) is 2.69. The van der Waals surface area contributed by atoms with Gasteiger partial charge in [-0.3, -0.25) is 0 Å². The second-order valence-corrected chi connectivity index (χ2v) is 4.98. The lowest BCUT2D eigenvalue weighted by Crippen LogP contribution is -2.31. The Morgan fingerprint density at radius 1 is 1.38 bits per heavy atom. The third kappa shape index (κ3) is 3.29. The van der Waals surface area contributed by atoms with Crippen LogP contribution in [-0.2, 0) is 10.0 Å². The third-order valence-corrected chi connectivity index (χ3v) is 4.15. The van der Waals surface area contributed by atoms with Crippen molar-refractivity contribution in [3.8, 4) is 0 Å². The van der Waals surface area contributed by atoms with Crippen molar-refractivity contribution >= 4 is 21.6 Å². The fourth-order valence-electron chi connectivity index (χ4n) is 0.981. The van der Waals surface area contributed by atoms with Crippen molar-refractivity contribution in [2.45, 2.75) is 20.8 Å². The molecular formula is C8H16ClNO2S. The summed E-state index contributed by atoms with van der Waals surface area (Å²) in [5, 5.41) is 0. The second-order valence-electron chi connectivity index (χ2n) is 2.56. The van der Waals surface area contributed by atoms with E-state index in [0.717, 1.165) is 0 Å². The van der Waals surface area contributed by atoms with Crippen LogP contribution >= 0.6 is 11.6 Å².